The molecule has 0 aliphatic heterocycles. The van der Waals surface area contributed by atoms with Crippen molar-refractivity contribution < 1.29 is 0 Å². The Labute approximate surface area is 144 Å². The largest absolute Gasteiger partial charge is 0.355 e. The minimum absolute atomic E-state index is 0.712. The fourth-order valence-corrected chi connectivity index (χ4v) is 3.05. The monoisotopic (exact) mass is 322 g/mol. The second kappa shape index (κ2) is 8.48. The Kier molecular flexibility index (Phi) is 5.83. The summed E-state index contributed by atoms with van der Waals surface area (Å²) in [6, 6.07) is 12.4. The van der Waals surface area contributed by atoms with Crippen LogP contribution in [0.25, 0.3) is 0 Å². The molecule has 1 N–H and O–H groups in total. The number of hydrogen-bond acceptors (Lipinski definition) is 4. The molecule has 0 bridgehead atoms. The van der Waals surface area contributed by atoms with E-state index in [0.29, 0.717) is 5.95 Å². The Balaban J connectivity index is 1.54. The molecule has 1 aliphatic rings. The second-order valence-electron chi connectivity index (χ2n) is 6.37. The highest BCUT2D eigenvalue weighted by Crippen LogP contribution is 2.20. The molecule has 0 fully saturated rings. The molecular formula is C20H26N4. The van der Waals surface area contributed by atoms with E-state index in [1.165, 1.54) is 31.2 Å². The molecule has 0 unspecified atom stereocenters. The van der Waals surface area contributed by atoms with Crippen LogP contribution < -0.4 is 10.2 Å². The minimum Gasteiger partial charge on any atom is -0.355 e. The molecule has 4 heteroatoms. The minimum atomic E-state index is 0.712. The first-order valence-electron chi connectivity index (χ1n) is 8.81. The summed E-state index contributed by atoms with van der Waals surface area (Å²) >= 11 is 0. The fourth-order valence-electron chi connectivity index (χ4n) is 3.05. The van der Waals surface area contributed by atoms with Crippen molar-refractivity contribution in [3.05, 3.63) is 59.8 Å². The number of benzene rings is 1. The van der Waals surface area contributed by atoms with Gasteiger partial charge in [0.15, 0.2) is 0 Å². The average molecular weight is 322 g/mol. The van der Waals surface area contributed by atoms with Crippen molar-refractivity contribution in [1.29, 1.82) is 0 Å². The van der Waals surface area contributed by atoms with Crippen molar-refractivity contribution in [1.82, 2.24) is 9.97 Å². The van der Waals surface area contributed by atoms with Gasteiger partial charge >= 0.3 is 0 Å². The Morgan fingerprint density at radius 1 is 1.12 bits per heavy atom. The van der Waals surface area contributed by atoms with E-state index < -0.39 is 0 Å². The van der Waals surface area contributed by atoms with Crippen molar-refractivity contribution in [2.24, 2.45) is 0 Å². The van der Waals surface area contributed by atoms with Crippen LogP contribution in [0.15, 0.2) is 54.2 Å². The van der Waals surface area contributed by atoms with Gasteiger partial charge in [0.1, 0.15) is 5.82 Å². The Morgan fingerprint density at radius 3 is 2.79 bits per heavy atom. The molecular weight excluding hydrogens is 296 g/mol. The maximum Gasteiger partial charge on any atom is 0.224 e. The number of nitrogens with zero attached hydrogens (tertiary/aromatic N) is 3. The SMILES string of the molecule is CN(Cc1ccccc1)c1ccnc(NCCC2=CCCCC2)n1. The van der Waals surface area contributed by atoms with Gasteiger partial charge in [0.2, 0.25) is 5.95 Å². The third kappa shape index (κ3) is 4.82. The van der Waals surface area contributed by atoms with Crippen LogP contribution in [-0.4, -0.2) is 23.6 Å². The molecule has 0 saturated carbocycles. The van der Waals surface area contributed by atoms with Gasteiger partial charge in [0.25, 0.3) is 0 Å². The van der Waals surface area contributed by atoms with E-state index in [4.69, 9.17) is 0 Å². The molecule has 0 spiro atoms. The molecule has 3 rings (SSSR count). The number of rotatable bonds is 7. The van der Waals surface area contributed by atoms with Gasteiger partial charge in [0.05, 0.1) is 0 Å². The third-order valence-corrected chi connectivity index (χ3v) is 4.41. The van der Waals surface area contributed by atoms with Crippen LogP contribution in [0.1, 0.15) is 37.7 Å². The van der Waals surface area contributed by atoms with Gasteiger partial charge in [-0.3, -0.25) is 0 Å². The van der Waals surface area contributed by atoms with Crippen LogP contribution in [0, 0.1) is 0 Å². The summed E-state index contributed by atoms with van der Waals surface area (Å²) in [5.74, 6) is 1.65. The second-order valence-corrected chi connectivity index (χ2v) is 6.37. The fraction of sp³-hybridized carbons (Fsp3) is 0.400. The highest BCUT2D eigenvalue weighted by molar-refractivity contribution is 5.42. The zero-order valence-corrected chi connectivity index (χ0v) is 14.4. The standard InChI is InChI=1S/C20H26N4/c1-24(16-18-10-6-3-7-11-18)19-13-15-22-20(23-19)21-14-12-17-8-4-2-5-9-17/h3,6-8,10-11,13,15H,2,4-5,9,12,14,16H2,1H3,(H,21,22,23). The summed E-state index contributed by atoms with van der Waals surface area (Å²) in [5.41, 5.74) is 2.85. The lowest BCUT2D eigenvalue weighted by Crippen LogP contribution is -2.18. The zero-order valence-electron chi connectivity index (χ0n) is 14.4. The van der Waals surface area contributed by atoms with Crippen molar-refractivity contribution in [3.63, 3.8) is 0 Å². The number of anilines is 2. The first kappa shape index (κ1) is 16.5. The molecule has 4 nitrogen and oxygen atoms in total. The van der Waals surface area contributed by atoms with Gasteiger partial charge in [-0.1, -0.05) is 42.0 Å². The van der Waals surface area contributed by atoms with Crippen LogP contribution in [-0.2, 0) is 6.54 Å². The summed E-state index contributed by atoms with van der Waals surface area (Å²) in [5, 5.41) is 3.36. The summed E-state index contributed by atoms with van der Waals surface area (Å²) < 4.78 is 0. The van der Waals surface area contributed by atoms with Gasteiger partial charge in [-0.15, -0.1) is 0 Å². The van der Waals surface area contributed by atoms with E-state index in [2.05, 4.69) is 57.6 Å². The van der Waals surface area contributed by atoms with E-state index in [0.717, 1.165) is 25.3 Å². The van der Waals surface area contributed by atoms with Gasteiger partial charge in [-0.05, 0) is 43.7 Å². The van der Waals surface area contributed by atoms with Crippen molar-refractivity contribution >= 4 is 11.8 Å². The Morgan fingerprint density at radius 2 is 2.00 bits per heavy atom. The molecule has 126 valence electrons. The molecule has 1 aromatic carbocycles. The lowest BCUT2D eigenvalue weighted by atomic mass is 9.97. The van der Waals surface area contributed by atoms with Crippen LogP contribution >= 0.6 is 0 Å². The average Bonchev–Trinajstić information content (AvgIpc) is 2.64. The third-order valence-electron chi connectivity index (χ3n) is 4.41. The first-order valence-corrected chi connectivity index (χ1v) is 8.81. The predicted molar refractivity (Wildman–Crippen MR) is 100 cm³/mol. The maximum atomic E-state index is 4.64. The van der Waals surface area contributed by atoms with E-state index in [-0.39, 0.29) is 0 Å². The zero-order chi connectivity index (χ0) is 16.6. The van der Waals surface area contributed by atoms with Crippen LogP contribution in [0.2, 0.25) is 0 Å². The van der Waals surface area contributed by atoms with Crippen LogP contribution in [0.4, 0.5) is 11.8 Å². The van der Waals surface area contributed by atoms with Gasteiger partial charge in [-0.25, -0.2) is 4.98 Å². The summed E-state index contributed by atoms with van der Waals surface area (Å²) in [6.07, 6.45) is 10.5. The van der Waals surface area contributed by atoms with E-state index in [1.807, 2.05) is 18.3 Å². The normalized spacial score (nSPS) is 14.1. The highest BCUT2D eigenvalue weighted by Gasteiger charge is 2.07. The Hall–Kier alpha value is -2.36. The van der Waals surface area contributed by atoms with E-state index in [1.54, 1.807) is 5.57 Å². The smallest absolute Gasteiger partial charge is 0.224 e. The molecule has 24 heavy (non-hydrogen) atoms. The molecule has 0 atom stereocenters. The van der Waals surface area contributed by atoms with Crippen molar-refractivity contribution in [2.45, 2.75) is 38.6 Å². The summed E-state index contributed by atoms with van der Waals surface area (Å²) in [4.78, 5) is 11.1. The van der Waals surface area contributed by atoms with Crippen LogP contribution in [0.3, 0.4) is 0 Å². The molecule has 1 aliphatic carbocycles. The molecule has 2 aromatic rings. The van der Waals surface area contributed by atoms with Gasteiger partial charge in [0, 0.05) is 26.3 Å². The van der Waals surface area contributed by atoms with E-state index in [9.17, 15) is 0 Å². The maximum absolute atomic E-state index is 4.64. The number of nitrogens with one attached hydrogen (secondary N) is 1. The number of allylic oxidation sites excluding steroid dienone is 1. The first-order chi connectivity index (χ1) is 11.8. The molecule has 1 aromatic heterocycles. The van der Waals surface area contributed by atoms with Gasteiger partial charge < -0.3 is 10.2 Å². The summed E-state index contributed by atoms with van der Waals surface area (Å²) in [6.45, 7) is 1.74. The van der Waals surface area contributed by atoms with E-state index >= 15 is 0 Å². The van der Waals surface area contributed by atoms with Crippen LogP contribution in [0.5, 0.6) is 0 Å². The number of aromatic nitrogens is 2. The lowest BCUT2D eigenvalue weighted by Gasteiger charge is -2.19. The molecule has 0 radical (unpaired) electrons. The number of hydrogen-bond donors (Lipinski definition) is 1. The Bertz CT molecular complexity index is 666. The molecule has 1 heterocycles. The van der Waals surface area contributed by atoms with Gasteiger partial charge in [-0.2, -0.15) is 4.98 Å². The highest BCUT2D eigenvalue weighted by atomic mass is 15.2. The molecule has 0 saturated heterocycles. The lowest BCUT2D eigenvalue weighted by molar-refractivity contribution is 0.679. The predicted octanol–water partition coefficient (Wildman–Crippen LogP) is 4.42. The molecule has 0 amide bonds. The quantitative estimate of drug-likeness (QED) is 0.766. The topological polar surface area (TPSA) is 41.1 Å². The summed E-state index contributed by atoms with van der Waals surface area (Å²) in [7, 11) is 2.06. The van der Waals surface area contributed by atoms with Crippen molar-refractivity contribution in [3.8, 4) is 0 Å². The van der Waals surface area contributed by atoms with Crippen molar-refractivity contribution in [2.75, 3.05) is 23.8 Å².